The van der Waals surface area contributed by atoms with Crippen LogP contribution in [0.2, 0.25) is 0 Å². The van der Waals surface area contributed by atoms with Gasteiger partial charge in [-0.15, -0.1) is 0 Å². The molecule has 1 saturated heterocycles. The Morgan fingerprint density at radius 3 is 2.61 bits per heavy atom. The van der Waals surface area contributed by atoms with Crippen molar-refractivity contribution in [3.8, 4) is 0 Å². The van der Waals surface area contributed by atoms with Gasteiger partial charge >= 0.3 is 0 Å². The summed E-state index contributed by atoms with van der Waals surface area (Å²) in [6, 6.07) is 12.3. The van der Waals surface area contributed by atoms with Crippen molar-refractivity contribution in [3.63, 3.8) is 0 Å². The molecule has 8 nitrogen and oxygen atoms in total. The molecular formula is C19H23N3O5S. The lowest BCUT2D eigenvalue weighted by molar-refractivity contribution is -0.384. The Morgan fingerprint density at radius 2 is 1.96 bits per heavy atom. The zero-order valence-corrected chi connectivity index (χ0v) is 16.4. The molecule has 28 heavy (non-hydrogen) atoms. The summed E-state index contributed by atoms with van der Waals surface area (Å²) < 4.78 is 33.3. The number of rotatable bonds is 7. The quantitative estimate of drug-likeness (QED) is 0.559. The van der Waals surface area contributed by atoms with Crippen molar-refractivity contribution in [2.75, 3.05) is 29.8 Å². The standard InChI is InChI=1S/C19H23N3O5S/c1-21(14-16-9-5-6-12-27-16)18-11-10-17(13-19(18)22(23)24)28(25,26)20-15-7-3-2-4-8-15/h2-4,7-8,10-11,13,16,20H,5-6,9,12,14H2,1H3. The Bertz CT molecular complexity index is 928. The van der Waals surface area contributed by atoms with Crippen molar-refractivity contribution in [3.05, 3.63) is 58.6 Å². The predicted molar refractivity (Wildman–Crippen MR) is 107 cm³/mol. The number of hydrogen-bond acceptors (Lipinski definition) is 6. The van der Waals surface area contributed by atoms with E-state index in [4.69, 9.17) is 4.74 Å². The molecule has 9 heteroatoms. The van der Waals surface area contributed by atoms with E-state index in [-0.39, 0.29) is 16.7 Å². The molecule has 0 saturated carbocycles. The van der Waals surface area contributed by atoms with Crippen LogP contribution >= 0.6 is 0 Å². The third kappa shape index (κ3) is 4.79. The van der Waals surface area contributed by atoms with Crippen LogP contribution in [0, 0.1) is 10.1 Å². The molecule has 150 valence electrons. The van der Waals surface area contributed by atoms with Crippen LogP contribution in [0.3, 0.4) is 0 Å². The van der Waals surface area contributed by atoms with Gasteiger partial charge in [0.25, 0.3) is 15.7 Å². The molecule has 1 N–H and O–H groups in total. The second-order valence-electron chi connectivity index (χ2n) is 6.75. The number of nitrogens with one attached hydrogen (secondary N) is 1. The predicted octanol–water partition coefficient (Wildman–Crippen LogP) is 3.40. The molecule has 0 amide bonds. The van der Waals surface area contributed by atoms with Crippen LogP contribution in [0.25, 0.3) is 0 Å². The molecule has 1 aliphatic heterocycles. The number of nitrogens with zero attached hydrogens (tertiary/aromatic N) is 2. The molecule has 0 spiro atoms. The van der Waals surface area contributed by atoms with E-state index in [1.165, 1.54) is 12.1 Å². The normalized spacial score (nSPS) is 17.1. The fourth-order valence-corrected chi connectivity index (χ4v) is 4.29. The Labute approximate surface area is 164 Å². The zero-order valence-electron chi connectivity index (χ0n) is 15.6. The molecule has 1 fully saturated rings. The maximum atomic E-state index is 12.6. The van der Waals surface area contributed by atoms with Crippen molar-refractivity contribution in [1.29, 1.82) is 0 Å². The van der Waals surface area contributed by atoms with Crippen LogP contribution in [0.5, 0.6) is 0 Å². The first-order chi connectivity index (χ1) is 13.4. The molecule has 1 heterocycles. The Morgan fingerprint density at radius 1 is 1.21 bits per heavy atom. The van der Waals surface area contributed by atoms with Crippen molar-refractivity contribution >= 4 is 27.1 Å². The molecule has 3 rings (SSSR count). The third-order valence-electron chi connectivity index (χ3n) is 4.64. The number of nitro groups is 1. The van der Waals surface area contributed by atoms with E-state index in [0.717, 1.165) is 25.3 Å². The zero-order chi connectivity index (χ0) is 20.1. The van der Waals surface area contributed by atoms with Crippen LogP contribution in [0.4, 0.5) is 17.1 Å². The molecule has 2 aromatic carbocycles. The van der Waals surface area contributed by atoms with E-state index in [9.17, 15) is 18.5 Å². The smallest absolute Gasteiger partial charge is 0.293 e. The summed E-state index contributed by atoms with van der Waals surface area (Å²) in [6.07, 6.45) is 3.03. The molecule has 2 aromatic rings. The Balaban J connectivity index is 1.85. The van der Waals surface area contributed by atoms with Crippen LogP contribution in [-0.4, -0.2) is 39.6 Å². The Hall–Kier alpha value is -2.65. The highest BCUT2D eigenvalue weighted by Crippen LogP contribution is 2.31. The van der Waals surface area contributed by atoms with Gasteiger partial charge in [-0.05, 0) is 43.5 Å². The number of hydrogen-bond donors (Lipinski definition) is 1. The minimum atomic E-state index is -3.94. The highest BCUT2D eigenvalue weighted by Gasteiger charge is 2.25. The molecule has 0 aliphatic carbocycles. The minimum absolute atomic E-state index is 0.0153. The summed E-state index contributed by atoms with van der Waals surface area (Å²) in [6.45, 7) is 1.21. The molecule has 1 unspecified atom stereocenters. The second kappa shape index (κ2) is 8.57. The fourth-order valence-electron chi connectivity index (χ4n) is 3.21. The Kier molecular flexibility index (Phi) is 6.15. The van der Waals surface area contributed by atoms with Gasteiger partial charge < -0.3 is 9.64 Å². The van der Waals surface area contributed by atoms with Crippen molar-refractivity contribution in [2.24, 2.45) is 0 Å². The summed E-state index contributed by atoms with van der Waals surface area (Å²) in [5, 5.41) is 11.6. The highest BCUT2D eigenvalue weighted by atomic mass is 32.2. The molecule has 0 radical (unpaired) electrons. The number of likely N-dealkylation sites (N-methyl/N-ethyl adjacent to an activating group) is 1. The van der Waals surface area contributed by atoms with Gasteiger partial charge in [-0.2, -0.15) is 0 Å². The molecular weight excluding hydrogens is 382 g/mol. The summed E-state index contributed by atoms with van der Waals surface area (Å²) in [4.78, 5) is 12.6. The maximum absolute atomic E-state index is 12.6. The first-order valence-electron chi connectivity index (χ1n) is 9.06. The van der Waals surface area contributed by atoms with E-state index in [1.807, 2.05) is 0 Å². The van der Waals surface area contributed by atoms with Gasteiger partial charge in [0, 0.05) is 32.0 Å². The van der Waals surface area contributed by atoms with Crippen LogP contribution < -0.4 is 9.62 Å². The molecule has 0 aromatic heterocycles. The number of para-hydroxylation sites is 1. The lowest BCUT2D eigenvalue weighted by Gasteiger charge is -2.28. The van der Waals surface area contributed by atoms with Gasteiger partial charge in [-0.3, -0.25) is 14.8 Å². The monoisotopic (exact) mass is 405 g/mol. The van der Waals surface area contributed by atoms with Gasteiger partial charge in [0.1, 0.15) is 5.69 Å². The van der Waals surface area contributed by atoms with Gasteiger partial charge in [-0.25, -0.2) is 8.42 Å². The minimum Gasteiger partial charge on any atom is -0.376 e. The van der Waals surface area contributed by atoms with E-state index < -0.39 is 14.9 Å². The van der Waals surface area contributed by atoms with Crippen LogP contribution in [0.15, 0.2) is 53.4 Å². The van der Waals surface area contributed by atoms with Gasteiger partial charge in [0.05, 0.1) is 15.9 Å². The largest absolute Gasteiger partial charge is 0.376 e. The van der Waals surface area contributed by atoms with E-state index in [1.54, 1.807) is 42.3 Å². The van der Waals surface area contributed by atoms with Gasteiger partial charge in [0.15, 0.2) is 0 Å². The molecule has 1 atom stereocenters. The van der Waals surface area contributed by atoms with E-state index in [2.05, 4.69) is 4.72 Å². The summed E-state index contributed by atoms with van der Waals surface area (Å²) in [5.41, 5.74) is 0.493. The van der Waals surface area contributed by atoms with Crippen molar-refractivity contribution in [2.45, 2.75) is 30.3 Å². The topological polar surface area (TPSA) is 102 Å². The maximum Gasteiger partial charge on any atom is 0.293 e. The van der Waals surface area contributed by atoms with Crippen LogP contribution in [0.1, 0.15) is 19.3 Å². The van der Waals surface area contributed by atoms with Gasteiger partial charge in [0.2, 0.25) is 0 Å². The number of anilines is 2. The fraction of sp³-hybridized carbons (Fsp3) is 0.368. The summed E-state index contributed by atoms with van der Waals surface area (Å²) >= 11 is 0. The van der Waals surface area contributed by atoms with Crippen LogP contribution in [-0.2, 0) is 14.8 Å². The first-order valence-corrected chi connectivity index (χ1v) is 10.5. The van der Waals surface area contributed by atoms with E-state index in [0.29, 0.717) is 24.5 Å². The molecule has 1 aliphatic rings. The van der Waals surface area contributed by atoms with E-state index >= 15 is 0 Å². The lowest BCUT2D eigenvalue weighted by atomic mass is 10.1. The number of benzene rings is 2. The first kappa shape index (κ1) is 20.1. The average Bonchev–Trinajstić information content (AvgIpc) is 2.68. The summed E-state index contributed by atoms with van der Waals surface area (Å²) in [5.74, 6) is 0. The molecule has 0 bridgehead atoms. The number of sulfonamides is 1. The summed E-state index contributed by atoms with van der Waals surface area (Å²) in [7, 11) is -2.19. The number of ether oxygens (including phenoxy) is 1. The van der Waals surface area contributed by atoms with Crippen molar-refractivity contribution < 1.29 is 18.1 Å². The van der Waals surface area contributed by atoms with Crippen molar-refractivity contribution in [1.82, 2.24) is 0 Å². The van der Waals surface area contributed by atoms with Gasteiger partial charge in [-0.1, -0.05) is 18.2 Å². The highest BCUT2D eigenvalue weighted by molar-refractivity contribution is 7.92. The third-order valence-corrected chi connectivity index (χ3v) is 6.02. The number of nitro benzene ring substituents is 1. The average molecular weight is 405 g/mol. The second-order valence-corrected chi connectivity index (χ2v) is 8.43. The SMILES string of the molecule is CN(CC1CCCCO1)c1ccc(S(=O)(=O)Nc2ccccc2)cc1[N+](=O)[O-]. The lowest BCUT2D eigenvalue weighted by Crippen LogP contribution is -2.33.